The lowest BCUT2D eigenvalue weighted by atomic mass is 10.2. The van der Waals surface area contributed by atoms with Gasteiger partial charge in [-0.05, 0) is 18.2 Å². The topological polar surface area (TPSA) is 159 Å². The first-order chi connectivity index (χ1) is 17.0. The molecule has 13 heteroatoms. The Morgan fingerprint density at radius 2 is 2.06 bits per heavy atom. The first kappa shape index (κ1) is 23.1. The maximum atomic E-state index is 12.4. The van der Waals surface area contributed by atoms with Gasteiger partial charge in [-0.1, -0.05) is 0 Å². The van der Waals surface area contributed by atoms with Crippen molar-refractivity contribution in [1.82, 2.24) is 24.8 Å². The summed E-state index contributed by atoms with van der Waals surface area (Å²) in [6, 6.07) is 6.75. The minimum absolute atomic E-state index is 0.0211. The van der Waals surface area contributed by atoms with E-state index in [9.17, 15) is 14.7 Å². The van der Waals surface area contributed by atoms with Gasteiger partial charge in [0.1, 0.15) is 11.6 Å². The SMILES string of the molecule is COc1ccc2ncc(=O)n(CC(O)C3OCC(NCc4ccc5c(n4)NC(=O)CO5)CO3)c2n1. The Morgan fingerprint density at radius 3 is 2.86 bits per heavy atom. The van der Waals surface area contributed by atoms with Crippen LogP contribution in [0, 0.1) is 0 Å². The van der Waals surface area contributed by atoms with Crippen molar-refractivity contribution in [3.63, 3.8) is 0 Å². The van der Waals surface area contributed by atoms with E-state index in [1.165, 1.54) is 17.9 Å². The maximum Gasteiger partial charge on any atom is 0.270 e. The molecule has 184 valence electrons. The summed E-state index contributed by atoms with van der Waals surface area (Å²) in [5, 5.41) is 16.7. The van der Waals surface area contributed by atoms with Gasteiger partial charge in [0, 0.05) is 12.6 Å². The lowest BCUT2D eigenvalue weighted by Gasteiger charge is -2.32. The van der Waals surface area contributed by atoms with Gasteiger partial charge in [0.25, 0.3) is 11.5 Å². The van der Waals surface area contributed by atoms with E-state index in [-0.39, 0.29) is 38.3 Å². The van der Waals surface area contributed by atoms with Crippen molar-refractivity contribution in [3.8, 4) is 11.6 Å². The zero-order valence-corrected chi connectivity index (χ0v) is 18.8. The number of methoxy groups -OCH3 is 1. The molecule has 13 nitrogen and oxygen atoms in total. The number of aliphatic hydroxyl groups is 1. The van der Waals surface area contributed by atoms with Crippen LogP contribution in [0.2, 0.25) is 0 Å². The van der Waals surface area contributed by atoms with Gasteiger partial charge in [0.05, 0.1) is 44.8 Å². The summed E-state index contributed by atoms with van der Waals surface area (Å²) in [6.07, 6.45) is -0.848. The van der Waals surface area contributed by atoms with Gasteiger partial charge >= 0.3 is 0 Å². The van der Waals surface area contributed by atoms with Crippen LogP contribution in [0.1, 0.15) is 5.69 Å². The highest BCUT2D eigenvalue weighted by molar-refractivity contribution is 5.94. The Hall–Kier alpha value is -3.65. The lowest BCUT2D eigenvalue weighted by Crippen LogP contribution is -2.49. The van der Waals surface area contributed by atoms with Crippen LogP contribution >= 0.6 is 0 Å². The Morgan fingerprint density at radius 1 is 1.23 bits per heavy atom. The number of carbonyl (C=O) groups excluding carboxylic acids is 1. The molecular weight excluding hydrogens is 460 g/mol. The van der Waals surface area contributed by atoms with Crippen molar-refractivity contribution in [3.05, 3.63) is 46.5 Å². The molecule has 3 aromatic rings. The largest absolute Gasteiger partial charge is 0.481 e. The molecule has 1 unspecified atom stereocenters. The highest BCUT2D eigenvalue weighted by Gasteiger charge is 2.29. The molecule has 2 aliphatic rings. The van der Waals surface area contributed by atoms with Gasteiger partial charge in [-0.2, -0.15) is 4.98 Å². The smallest absolute Gasteiger partial charge is 0.270 e. The van der Waals surface area contributed by atoms with Crippen LogP contribution in [0.15, 0.2) is 35.3 Å². The second kappa shape index (κ2) is 9.92. The molecule has 2 aliphatic heterocycles. The molecule has 1 saturated heterocycles. The third-order valence-corrected chi connectivity index (χ3v) is 5.59. The number of rotatable bonds is 7. The number of ether oxygens (including phenoxy) is 4. The summed E-state index contributed by atoms with van der Waals surface area (Å²) in [5.41, 5.74) is 1.09. The van der Waals surface area contributed by atoms with Gasteiger partial charge in [-0.15, -0.1) is 0 Å². The first-order valence-electron chi connectivity index (χ1n) is 11.0. The van der Waals surface area contributed by atoms with E-state index in [0.29, 0.717) is 40.8 Å². The van der Waals surface area contributed by atoms with E-state index in [4.69, 9.17) is 18.9 Å². The third-order valence-electron chi connectivity index (χ3n) is 5.59. The van der Waals surface area contributed by atoms with E-state index < -0.39 is 18.0 Å². The van der Waals surface area contributed by atoms with Crippen molar-refractivity contribution >= 4 is 22.9 Å². The Kier molecular flexibility index (Phi) is 6.55. The first-order valence-corrected chi connectivity index (χ1v) is 11.0. The maximum absolute atomic E-state index is 12.4. The highest BCUT2D eigenvalue weighted by Crippen LogP contribution is 2.25. The van der Waals surface area contributed by atoms with Crippen molar-refractivity contribution in [1.29, 1.82) is 0 Å². The van der Waals surface area contributed by atoms with Crippen LogP contribution in [-0.4, -0.2) is 75.9 Å². The Labute approximate surface area is 199 Å². The van der Waals surface area contributed by atoms with Crippen LogP contribution in [0.3, 0.4) is 0 Å². The number of amides is 1. The number of fused-ring (bicyclic) bond motifs is 2. The van der Waals surface area contributed by atoms with Crippen LogP contribution in [0.25, 0.3) is 11.2 Å². The van der Waals surface area contributed by atoms with Crippen molar-refractivity contribution < 1.29 is 28.8 Å². The monoisotopic (exact) mass is 484 g/mol. The van der Waals surface area contributed by atoms with E-state index in [1.807, 2.05) is 0 Å². The number of aliphatic hydroxyl groups excluding tert-OH is 1. The molecule has 0 aromatic carbocycles. The molecular formula is C22H24N6O7. The lowest BCUT2D eigenvalue weighted by molar-refractivity contribution is -0.233. The molecule has 5 rings (SSSR count). The average molecular weight is 484 g/mol. The van der Waals surface area contributed by atoms with Gasteiger partial charge in [0.15, 0.2) is 30.1 Å². The molecule has 3 aromatic heterocycles. The molecule has 0 radical (unpaired) electrons. The number of carbonyl (C=O) groups is 1. The van der Waals surface area contributed by atoms with Crippen molar-refractivity contribution in [2.45, 2.75) is 31.5 Å². The normalized spacial score (nSPS) is 20.6. The van der Waals surface area contributed by atoms with Crippen LogP contribution in [0.5, 0.6) is 11.6 Å². The second-order valence-electron chi connectivity index (χ2n) is 8.07. The van der Waals surface area contributed by atoms with Crippen LogP contribution in [-0.2, 0) is 27.4 Å². The van der Waals surface area contributed by atoms with Gasteiger partial charge in [-0.25, -0.2) is 9.97 Å². The number of anilines is 1. The molecule has 5 heterocycles. The summed E-state index contributed by atoms with van der Waals surface area (Å²) >= 11 is 0. The Balaban J connectivity index is 1.17. The van der Waals surface area contributed by atoms with E-state index in [1.54, 1.807) is 24.3 Å². The molecule has 1 atom stereocenters. The predicted octanol–water partition coefficient (Wildman–Crippen LogP) is -0.582. The average Bonchev–Trinajstić information content (AvgIpc) is 2.88. The van der Waals surface area contributed by atoms with E-state index in [0.717, 1.165) is 0 Å². The minimum atomic E-state index is -1.11. The molecule has 3 N–H and O–H groups in total. The second-order valence-corrected chi connectivity index (χ2v) is 8.07. The van der Waals surface area contributed by atoms with Gasteiger partial charge < -0.3 is 34.7 Å². The fourth-order valence-corrected chi connectivity index (χ4v) is 3.79. The number of pyridine rings is 2. The highest BCUT2D eigenvalue weighted by atomic mass is 16.7. The number of hydrogen-bond acceptors (Lipinski definition) is 11. The molecule has 35 heavy (non-hydrogen) atoms. The summed E-state index contributed by atoms with van der Waals surface area (Å²) in [5.74, 6) is 1.01. The predicted molar refractivity (Wildman–Crippen MR) is 121 cm³/mol. The van der Waals surface area contributed by atoms with Crippen molar-refractivity contribution in [2.75, 3.05) is 32.2 Å². The standard InChI is InChI=1S/C22H24N6O7/c1-32-18-5-3-14-21(27-18)28(19(31)7-24-14)8-15(29)22-34-9-13(10-35-22)23-6-12-2-4-16-20(25-12)26-17(30)11-33-16/h2-5,7,13,15,22-23,29H,6,8-11H2,1H3,(H,25,26,30). The van der Waals surface area contributed by atoms with Gasteiger partial charge in [-0.3, -0.25) is 14.2 Å². The van der Waals surface area contributed by atoms with E-state index in [2.05, 4.69) is 25.6 Å². The summed E-state index contributed by atoms with van der Waals surface area (Å²) in [6.45, 7) is 0.870. The fourth-order valence-electron chi connectivity index (χ4n) is 3.79. The number of nitrogens with zero attached hydrogens (tertiary/aromatic N) is 4. The zero-order valence-electron chi connectivity index (χ0n) is 18.8. The number of aromatic nitrogens is 4. The molecule has 1 amide bonds. The Bertz CT molecular complexity index is 1290. The number of hydrogen-bond donors (Lipinski definition) is 3. The molecule has 0 bridgehead atoms. The number of nitrogens with one attached hydrogen (secondary N) is 2. The molecule has 1 fully saturated rings. The van der Waals surface area contributed by atoms with Crippen molar-refractivity contribution in [2.24, 2.45) is 0 Å². The van der Waals surface area contributed by atoms with Crippen LogP contribution in [0.4, 0.5) is 5.82 Å². The third kappa shape index (κ3) is 5.07. The summed E-state index contributed by atoms with van der Waals surface area (Å²) in [4.78, 5) is 36.7. The summed E-state index contributed by atoms with van der Waals surface area (Å²) < 4.78 is 23.2. The zero-order chi connectivity index (χ0) is 24.4. The quantitative estimate of drug-likeness (QED) is 0.394. The minimum Gasteiger partial charge on any atom is -0.481 e. The van der Waals surface area contributed by atoms with E-state index >= 15 is 0 Å². The fraction of sp³-hybridized carbons (Fsp3) is 0.409. The molecule has 0 spiro atoms. The molecule has 0 aliphatic carbocycles. The van der Waals surface area contributed by atoms with Gasteiger partial charge in [0.2, 0.25) is 5.88 Å². The van der Waals surface area contributed by atoms with Crippen LogP contribution < -0.4 is 25.7 Å². The summed E-state index contributed by atoms with van der Waals surface area (Å²) in [7, 11) is 1.48. The molecule has 0 saturated carbocycles.